The number of aliphatic hydroxyl groups excluding tert-OH is 1. The summed E-state index contributed by atoms with van der Waals surface area (Å²) in [4.78, 5) is 23.2. The maximum Gasteiger partial charge on any atom is 0.472 e. The van der Waals surface area contributed by atoms with Crippen LogP contribution in [0.3, 0.4) is 0 Å². The highest BCUT2D eigenvalue weighted by Gasteiger charge is 2.27. The molecule has 0 heterocycles. The van der Waals surface area contributed by atoms with E-state index in [-0.39, 0.29) is 19.1 Å². The molecule has 0 aromatic carbocycles. The van der Waals surface area contributed by atoms with Crippen molar-refractivity contribution in [1.82, 2.24) is 5.32 Å². The van der Waals surface area contributed by atoms with Crippen molar-refractivity contribution in [2.45, 2.75) is 309 Å². The normalized spacial score (nSPS) is 14.0. The fourth-order valence-electron chi connectivity index (χ4n) is 8.98. The Balaban J connectivity index is 3.89. The van der Waals surface area contributed by atoms with Crippen molar-refractivity contribution in [3.05, 3.63) is 24.3 Å². The van der Waals surface area contributed by atoms with E-state index in [4.69, 9.17) is 9.05 Å². The van der Waals surface area contributed by atoms with Gasteiger partial charge in [0.25, 0.3) is 0 Å². The summed E-state index contributed by atoms with van der Waals surface area (Å²) in [7, 11) is 1.58. The third-order valence-corrected chi connectivity index (χ3v) is 14.6. The number of hydrogen-bond donors (Lipinski definition) is 3. The van der Waals surface area contributed by atoms with Crippen molar-refractivity contribution in [2.24, 2.45) is 0 Å². The number of phosphoric acid groups is 1. The van der Waals surface area contributed by atoms with Crippen molar-refractivity contribution in [2.75, 3.05) is 40.9 Å². The maximum absolute atomic E-state index is 12.9. The van der Waals surface area contributed by atoms with Crippen LogP contribution in [-0.4, -0.2) is 73.4 Å². The standard InChI is InChI=1S/C59H117N2O6P/c1-6-8-10-12-14-16-18-19-20-21-22-23-24-25-26-27-28-29-30-31-32-33-34-35-36-37-38-39-40-41-43-45-47-49-51-53-59(63)60-57(56-67-68(64,65)66-55-54-61(3,4)5)58(62)52-50-48-46-44-42-17-15-13-11-9-7-2/h21-22,50,52,57-58,62H,6-20,23-49,51,53-56H2,1-5H3,(H-,60,63,64,65)/p+1/b22-21-,52-50+. The Kier molecular flexibility index (Phi) is 50.1. The van der Waals surface area contributed by atoms with E-state index in [1.807, 2.05) is 27.2 Å². The molecule has 0 spiro atoms. The molecule has 0 aromatic rings. The van der Waals surface area contributed by atoms with Crippen LogP contribution in [0.25, 0.3) is 0 Å². The summed E-state index contributed by atoms with van der Waals surface area (Å²) in [5.41, 5.74) is 0. The van der Waals surface area contributed by atoms with Crippen LogP contribution >= 0.6 is 7.82 Å². The highest BCUT2D eigenvalue weighted by Crippen LogP contribution is 2.43. The lowest BCUT2D eigenvalue weighted by Crippen LogP contribution is -2.45. The van der Waals surface area contributed by atoms with E-state index in [9.17, 15) is 19.4 Å². The van der Waals surface area contributed by atoms with Crippen LogP contribution in [0.1, 0.15) is 296 Å². The SMILES string of the molecule is CCCCCCCCCC/C=C\CCCCCCCCCCCCCCCCCCCCCCCCCC(=O)NC(COP(=O)(O)OCC[N+](C)(C)C)C(O)/C=C/CCCCCCCCCCC. The Bertz CT molecular complexity index is 1160. The topological polar surface area (TPSA) is 105 Å². The van der Waals surface area contributed by atoms with Crippen LogP contribution < -0.4 is 5.32 Å². The molecule has 3 N–H and O–H groups in total. The molecule has 0 aliphatic rings. The summed E-state index contributed by atoms with van der Waals surface area (Å²) in [6, 6.07) is -0.842. The van der Waals surface area contributed by atoms with Gasteiger partial charge in [-0.3, -0.25) is 13.8 Å². The molecule has 1 amide bonds. The van der Waals surface area contributed by atoms with Crippen molar-refractivity contribution >= 4 is 13.7 Å². The first kappa shape index (κ1) is 67.0. The molecule has 0 aliphatic carbocycles. The number of nitrogens with one attached hydrogen (secondary N) is 1. The molecular weight excluding hydrogens is 864 g/mol. The van der Waals surface area contributed by atoms with Crippen LogP contribution in [0.4, 0.5) is 0 Å². The van der Waals surface area contributed by atoms with E-state index in [0.717, 1.165) is 38.5 Å². The molecule has 0 rings (SSSR count). The van der Waals surface area contributed by atoms with Gasteiger partial charge in [0.1, 0.15) is 13.2 Å². The van der Waals surface area contributed by atoms with E-state index in [2.05, 4.69) is 31.3 Å². The van der Waals surface area contributed by atoms with E-state index >= 15 is 0 Å². The third kappa shape index (κ3) is 52.8. The van der Waals surface area contributed by atoms with Gasteiger partial charge in [0.15, 0.2) is 0 Å². The zero-order chi connectivity index (χ0) is 49.9. The molecule has 0 radical (unpaired) electrons. The molecule has 9 heteroatoms. The number of amides is 1. The van der Waals surface area contributed by atoms with Crippen molar-refractivity contribution < 1.29 is 32.9 Å². The quantitative estimate of drug-likeness (QED) is 0.0243. The number of rotatable bonds is 55. The lowest BCUT2D eigenvalue weighted by atomic mass is 10.0. The number of carbonyl (C=O) groups is 1. The molecule has 404 valence electrons. The first-order valence-electron chi connectivity index (χ1n) is 29.7. The van der Waals surface area contributed by atoms with E-state index in [1.54, 1.807) is 6.08 Å². The number of aliphatic hydroxyl groups is 1. The van der Waals surface area contributed by atoms with Crippen LogP contribution in [0, 0.1) is 0 Å². The number of unbranched alkanes of at least 4 members (excludes halogenated alkanes) is 40. The Morgan fingerprint density at radius 3 is 1.13 bits per heavy atom. The number of quaternary nitrogens is 1. The van der Waals surface area contributed by atoms with Gasteiger partial charge in [0.2, 0.25) is 5.91 Å². The Morgan fingerprint density at radius 1 is 0.485 bits per heavy atom. The predicted octanol–water partition coefficient (Wildman–Crippen LogP) is 18.0. The van der Waals surface area contributed by atoms with Gasteiger partial charge in [-0.2, -0.15) is 0 Å². The summed E-state index contributed by atoms with van der Waals surface area (Å²) in [5, 5.41) is 13.9. The minimum atomic E-state index is -4.34. The fourth-order valence-corrected chi connectivity index (χ4v) is 9.72. The maximum atomic E-state index is 12.9. The third-order valence-electron chi connectivity index (χ3n) is 13.7. The van der Waals surface area contributed by atoms with Crippen molar-refractivity contribution in [1.29, 1.82) is 0 Å². The number of hydrogen-bond acceptors (Lipinski definition) is 5. The van der Waals surface area contributed by atoms with Gasteiger partial charge in [-0.1, -0.05) is 269 Å². The average molecular weight is 983 g/mol. The summed E-state index contributed by atoms with van der Waals surface area (Å²) in [6.07, 6.45) is 64.5. The lowest BCUT2D eigenvalue weighted by molar-refractivity contribution is -0.870. The van der Waals surface area contributed by atoms with Gasteiger partial charge in [-0.05, 0) is 44.9 Å². The summed E-state index contributed by atoms with van der Waals surface area (Å²) in [6.45, 7) is 4.83. The number of allylic oxidation sites excluding steroid dienone is 3. The second kappa shape index (κ2) is 50.9. The average Bonchev–Trinajstić information content (AvgIpc) is 3.30. The minimum Gasteiger partial charge on any atom is -0.387 e. The summed E-state index contributed by atoms with van der Waals surface area (Å²) < 4.78 is 23.6. The molecule has 0 fully saturated rings. The smallest absolute Gasteiger partial charge is 0.387 e. The first-order chi connectivity index (χ1) is 33.0. The molecule has 3 unspecified atom stereocenters. The highest BCUT2D eigenvalue weighted by molar-refractivity contribution is 7.47. The second-order valence-corrected chi connectivity index (χ2v) is 23.2. The number of carbonyl (C=O) groups excluding carboxylic acids is 1. The van der Waals surface area contributed by atoms with Crippen LogP contribution in [0.2, 0.25) is 0 Å². The zero-order valence-electron chi connectivity index (χ0n) is 46.1. The number of likely N-dealkylation sites (N-methyl/N-ethyl adjacent to an activating group) is 1. The first-order valence-corrected chi connectivity index (χ1v) is 31.2. The largest absolute Gasteiger partial charge is 0.472 e. The zero-order valence-corrected chi connectivity index (χ0v) is 47.0. The number of phosphoric ester groups is 1. The molecular formula is C59H118N2O6P+. The Hall–Kier alpha value is -1.02. The second-order valence-electron chi connectivity index (χ2n) is 21.7. The van der Waals surface area contributed by atoms with E-state index in [0.29, 0.717) is 17.4 Å². The summed E-state index contributed by atoms with van der Waals surface area (Å²) in [5.74, 6) is -0.173. The number of nitrogens with zero attached hydrogens (tertiary/aromatic N) is 1. The predicted molar refractivity (Wildman–Crippen MR) is 295 cm³/mol. The van der Waals surface area contributed by atoms with E-state index in [1.165, 1.54) is 238 Å². The van der Waals surface area contributed by atoms with Gasteiger partial charge >= 0.3 is 7.82 Å². The molecule has 68 heavy (non-hydrogen) atoms. The van der Waals surface area contributed by atoms with Crippen molar-refractivity contribution in [3.8, 4) is 0 Å². The van der Waals surface area contributed by atoms with Gasteiger partial charge in [0, 0.05) is 6.42 Å². The fraction of sp³-hybridized carbons (Fsp3) is 0.915. The molecule has 0 aliphatic heterocycles. The molecule has 0 aromatic heterocycles. The molecule has 3 atom stereocenters. The highest BCUT2D eigenvalue weighted by atomic mass is 31.2. The molecule has 8 nitrogen and oxygen atoms in total. The van der Waals surface area contributed by atoms with Gasteiger partial charge in [-0.25, -0.2) is 4.57 Å². The Labute approximate surface area is 424 Å². The van der Waals surface area contributed by atoms with Crippen LogP contribution in [-0.2, 0) is 18.4 Å². The minimum absolute atomic E-state index is 0.0639. The molecule has 0 saturated heterocycles. The van der Waals surface area contributed by atoms with Crippen molar-refractivity contribution in [3.63, 3.8) is 0 Å². The van der Waals surface area contributed by atoms with Crippen LogP contribution in [0.5, 0.6) is 0 Å². The Morgan fingerprint density at radius 2 is 0.794 bits per heavy atom. The van der Waals surface area contributed by atoms with E-state index < -0.39 is 20.0 Å². The van der Waals surface area contributed by atoms with Gasteiger partial charge in [0.05, 0.1) is 39.9 Å². The lowest BCUT2D eigenvalue weighted by Gasteiger charge is -2.25. The molecule has 0 bridgehead atoms. The monoisotopic (exact) mass is 982 g/mol. The summed E-state index contributed by atoms with van der Waals surface area (Å²) >= 11 is 0. The molecule has 0 saturated carbocycles. The van der Waals surface area contributed by atoms with Gasteiger partial charge in [-0.15, -0.1) is 0 Å². The van der Waals surface area contributed by atoms with Gasteiger partial charge < -0.3 is 19.8 Å². The van der Waals surface area contributed by atoms with Crippen LogP contribution in [0.15, 0.2) is 24.3 Å².